The van der Waals surface area contributed by atoms with Crippen LogP contribution in [0, 0.1) is 0 Å². The summed E-state index contributed by atoms with van der Waals surface area (Å²) in [6.45, 7) is 0. The van der Waals surface area contributed by atoms with Gasteiger partial charge in [-0.25, -0.2) is 4.79 Å². The van der Waals surface area contributed by atoms with E-state index in [1.807, 2.05) is 11.8 Å². The zero-order valence-electron chi connectivity index (χ0n) is 9.76. The van der Waals surface area contributed by atoms with Crippen LogP contribution in [-0.4, -0.2) is 35.8 Å². The molecule has 1 unspecified atom stereocenters. The Morgan fingerprint density at radius 2 is 2.28 bits per heavy atom. The molecule has 4 nitrogen and oxygen atoms in total. The second-order valence-corrected chi connectivity index (χ2v) is 5.37. The summed E-state index contributed by atoms with van der Waals surface area (Å²) in [6, 6.07) is 4.78. The molecule has 1 aromatic carbocycles. The van der Waals surface area contributed by atoms with Crippen molar-refractivity contribution >= 4 is 29.3 Å². The molecule has 0 radical (unpaired) electrons. The van der Waals surface area contributed by atoms with Crippen molar-refractivity contribution in [2.24, 2.45) is 0 Å². The number of halogens is 1. The molecule has 1 N–H and O–H groups in total. The molecule has 1 heterocycles. The summed E-state index contributed by atoms with van der Waals surface area (Å²) in [6.07, 6.45) is -1.12. The summed E-state index contributed by atoms with van der Waals surface area (Å²) in [5.74, 6) is 1.78. The van der Waals surface area contributed by atoms with Crippen LogP contribution in [0.4, 0.5) is 0 Å². The summed E-state index contributed by atoms with van der Waals surface area (Å²) in [5.41, 5.74) is 0.391. The van der Waals surface area contributed by atoms with Crippen molar-refractivity contribution in [1.82, 2.24) is 0 Å². The van der Waals surface area contributed by atoms with Crippen LogP contribution < -0.4 is 4.74 Å². The number of hydrogen-bond acceptors (Lipinski definition) is 5. The number of methoxy groups -OCH3 is 1. The maximum atomic E-state index is 11.2. The summed E-state index contributed by atoms with van der Waals surface area (Å²) in [5, 5.41) is 10.0. The number of benzene rings is 1. The van der Waals surface area contributed by atoms with E-state index >= 15 is 0 Å². The molecule has 2 rings (SSSR count). The topological polar surface area (TPSA) is 55.8 Å². The van der Waals surface area contributed by atoms with E-state index in [4.69, 9.17) is 16.3 Å². The Balaban J connectivity index is 2.10. The van der Waals surface area contributed by atoms with Gasteiger partial charge in [0.2, 0.25) is 0 Å². The standard InChI is InChI=1S/C12H13ClO4S/c1-16-12(15)11(14)7-2-3-10(9(13)4-7)17-8-5-18-6-8/h2-4,8,11,14H,5-6H2,1H3. The van der Waals surface area contributed by atoms with Crippen LogP contribution in [0.1, 0.15) is 11.7 Å². The average Bonchev–Trinajstić information content (AvgIpc) is 2.33. The Kier molecular flexibility index (Phi) is 4.37. The Bertz CT molecular complexity index is 448. The molecule has 6 heteroatoms. The van der Waals surface area contributed by atoms with Crippen LogP contribution in [0.15, 0.2) is 18.2 Å². The van der Waals surface area contributed by atoms with E-state index in [-0.39, 0.29) is 6.10 Å². The van der Waals surface area contributed by atoms with Gasteiger partial charge in [0.15, 0.2) is 6.10 Å². The fourth-order valence-corrected chi connectivity index (χ4v) is 2.29. The number of carbonyl (C=O) groups excluding carboxylic acids is 1. The second-order valence-electron chi connectivity index (χ2n) is 3.89. The number of carbonyl (C=O) groups is 1. The summed E-state index contributed by atoms with van der Waals surface area (Å²) in [7, 11) is 1.22. The highest BCUT2D eigenvalue weighted by molar-refractivity contribution is 8.00. The highest BCUT2D eigenvalue weighted by Gasteiger charge is 2.22. The Hall–Kier alpha value is -0.910. The minimum absolute atomic E-state index is 0.198. The predicted molar refractivity (Wildman–Crippen MR) is 70.2 cm³/mol. The lowest BCUT2D eigenvalue weighted by molar-refractivity contribution is -0.150. The normalized spacial score (nSPS) is 16.8. The van der Waals surface area contributed by atoms with Crippen molar-refractivity contribution in [3.63, 3.8) is 0 Å². The number of hydrogen-bond donors (Lipinski definition) is 1. The van der Waals surface area contributed by atoms with E-state index in [9.17, 15) is 9.90 Å². The minimum atomic E-state index is -1.32. The van der Waals surface area contributed by atoms with Gasteiger partial charge in [-0.1, -0.05) is 17.7 Å². The first-order valence-electron chi connectivity index (χ1n) is 5.41. The molecule has 0 saturated carbocycles. The molecule has 98 valence electrons. The monoisotopic (exact) mass is 288 g/mol. The first-order valence-corrected chi connectivity index (χ1v) is 6.95. The van der Waals surface area contributed by atoms with E-state index in [1.54, 1.807) is 12.1 Å². The smallest absolute Gasteiger partial charge is 0.339 e. The van der Waals surface area contributed by atoms with Crippen LogP contribution in [-0.2, 0) is 9.53 Å². The predicted octanol–water partition coefficient (Wildman–Crippen LogP) is 2.04. The Morgan fingerprint density at radius 3 is 2.78 bits per heavy atom. The van der Waals surface area contributed by atoms with Crippen molar-refractivity contribution in [1.29, 1.82) is 0 Å². The molecule has 1 aromatic rings. The van der Waals surface area contributed by atoms with Gasteiger partial charge >= 0.3 is 5.97 Å². The lowest BCUT2D eigenvalue weighted by atomic mass is 10.1. The minimum Gasteiger partial charge on any atom is -0.487 e. The molecule has 18 heavy (non-hydrogen) atoms. The maximum Gasteiger partial charge on any atom is 0.339 e. The number of aliphatic hydroxyl groups is 1. The van der Waals surface area contributed by atoms with Gasteiger partial charge in [-0.15, -0.1) is 0 Å². The van der Waals surface area contributed by atoms with E-state index in [2.05, 4.69) is 4.74 Å². The van der Waals surface area contributed by atoms with Gasteiger partial charge in [0, 0.05) is 11.5 Å². The van der Waals surface area contributed by atoms with Crippen LogP contribution in [0.5, 0.6) is 5.75 Å². The van der Waals surface area contributed by atoms with Crippen LogP contribution in [0.2, 0.25) is 5.02 Å². The molecule has 1 aliphatic rings. The molecule has 0 bridgehead atoms. The Labute approximate surface area is 114 Å². The van der Waals surface area contributed by atoms with Gasteiger partial charge in [0.25, 0.3) is 0 Å². The molecular weight excluding hydrogens is 276 g/mol. The highest BCUT2D eigenvalue weighted by atomic mass is 35.5. The third kappa shape index (κ3) is 2.91. The molecule has 1 saturated heterocycles. The molecule has 1 atom stereocenters. The van der Waals surface area contributed by atoms with E-state index in [0.717, 1.165) is 11.5 Å². The third-order valence-corrected chi connectivity index (χ3v) is 4.11. The Morgan fingerprint density at radius 1 is 1.56 bits per heavy atom. The van der Waals surface area contributed by atoms with Crippen molar-refractivity contribution in [3.05, 3.63) is 28.8 Å². The number of ether oxygens (including phenoxy) is 2. The maximum absolute atomic E-state index is 11.2. The molecule has 0 amide bonds. The van der Waals surface area contributed by atoms with Gasteiger partial charge in [-0.3, -0.25) is 0 Å². The first kappa shape index (κ1) is 13.5. The quantitative estimate of drug-likeness (QED) is 0.859. The van der Waals surface area contributed by atoms with Crippen LogP contribution in [0.3, 0.4) is 0 Å². The molecule has 0 aromatic heterocycles. The second kappa shape index (κ2) is 5.82. The van der Waals surface area contributed by atoms with Gasteiger partial charge in [-0.2, -0.15) is 11.8 Å². The van der Waals surface area contributed by atoms with Gasteiger partial charge in [-0.05, 0) is 17.7 Å². The van der Waals surface area contributed by atoms with E-state index in [1.165, 1.54) is 13.2 Å². The van der Waals surface area contributed by atoms with Crippen molar-refractivity contribution in [2.45, 2.75) is 12.2 Å². The van der Waals surface area contributed by atoms with E-state index in [0.29, 0.717) is 16.3 Å². The van der Waals surface area contributed by atoms with Gasteiger partial charge < -0.3 is 14.6 Å². The summed E-state index contributed by atoms with van der Waals surface area (Å²) >= 11 is 7.87. The molecule has 1 fully saturated rings. The highest BCUT2D eigenvalue weighted by Crippen LogP contribution is 2.31. The van der Waals surface area contributed by atoms with Crippen LogP contribution >= 0.6 is 23.4 Å². The molecule has 0 spiro atoms. The summed E-state index contributed by atoms with van der Waals surface area (Å²) < 4.78 is 10.1. The fourth-order valence-electron chi connectivity index (χ4n) is 1.49. The zero-order chi connectivity index (χ0) is 13.1. The average molecular weight is 289 g/mol. The number of rotatable bonds is 4. The lowest BCUT2D eigenvalue weighted by Crippen LogP contribution is -2.31. The number of thioether (sulfide) groups is 1. The van der Waals surface area contributed by atoms with Crippen molar-refractivity contribution < 1.29 is 19.4 Å². The molecular formula is C12H13ClO4S. The van der Waals surface area contributed by atoms with Crippen molar-refractivity contribution in [2.75, 3.05) is 18.6 Å². The summed E-state index contributed by atoms with van der Waals surface area (Å²) in [4.78, 5) is 11.2. The largest absolute Gasteiger partial charge is 0.487 e. The molecule has 1 aliphatic heterocycles. The first-order chi connectivity index (χ1) is 8.61. The lowest BCUT2D eigenvalue weighted by Gasteiger charge is -2.26. The van der Waals surface area contributed by atoms with Crippen LogP contribution in [0.25, 0.3) is 0 Å². The number of esters is 1. The van der Waals surface area contributed by atoms with E-state index < -0.39 is 12.1 Å². The SMILES string of the molecule is COC(=O)C(O)c1ccc(OC2CSC2)c(Cl)c1. The third-order valence-electron chi connectivity index (χ3n) is 2.60. The van der Waals surface area contributed by atoms with Crippen molar-refractivity contribution in [3.8, 4) is 5.75 Å². The van der Waals surface area contributed by atoms with Gasteiger partial charge in [0.1, 0.15) is 11.9 Å². The van der Waals surface area contributed by atoms with Gasteiger partial charge in [0.05, 0.1) is 12.1 Å². The zero-order valence-corrected chi connectivity index (χ0v) is 11.3. The number of aliphatic hydroxyl groups excluding tert-OH is 1. The fraction of sp³-hybridized carbons (Fsp3) is 0.417. The molecule has 0 aliphatic carbocycles.